The Labute approximate surface area is 167 Å². The molecule has 1 amide bonds. The lowest BCUT2D eigenvalue weighted by Gasteiger charge is -2.31. The van der Waals surface area contributed by atoms with Crippen LogP contribution in [-0.2, 0) is 10.0 Å². The number of sulfonamides is 1. The zero-order chi connectivity index (χ0) is 21.1. The molecule has 0 bridgehead atoms. The second-order valence-corrected chi connectivity index (χ2v) is 11.2. The molecule has 8 heteroatoms. The van der Waals surface area contributed by atoms with Crippen LogP contribution in [0.15, 0.2) is 18.2 Å². The van der Waals surface area contributed by atoms with E-state index in [4.69, 9.17) is 0 Å². The van der Waals surface area contributed by atoms with Gasteiger partial charge in [-0.1, -0.05) is 0 Å². The minimum absolute atomic E-state index is 0.0192. The SMILES string of the molecule is CN(C)C(=O)c1ccc(NC[C@H]2CC[C@H](NS(=O)(=O)C(C)(C)C)CC2)cc1F. The van der Waals surface area contributed by atoms with Crippen LogP contribution >= 0.6 is 0 Å². The number of carbonyl (C=O) groups excluding carboxylic acids is 1. The number of carbonyl (C=O) groups is 1. The first-order valence-corrected chi connectivity index (χ1v) is 11.2. The fraction of sp³-hybridized carbons (Fsp3) is 0.650. The lowest BCUT2D eigenvalue weighted by atomic mass is 9.86. The van der Waals surface area contributed by atoms with Gasteiger partial charge < -0.3 is 10.2 Å². The predicted molar refractivity (Wildman–Crippen MR) is 110 cm³/mol. The quantitative estimate of drug-likeness (QED) is 0.751. The Kier molecular flexibility index (Phi) is 7.09. The fourth-order valence-electron chi connectivity index (χ4n) is 3.18. The van der Waals surface area contributed by atoms with Crippen molar-refractivity contribution in [2.45, 2.75) is 57.2 Å². The van der Waals surface area contributed by atoms with Gasteiger partial charge in [0.1, 0.15) is 5.82 Å². The topological polar surface area (TPSA) is 78.5 Å². The van der Waals surface area contributed by atoms with E-state index in [0.717, 1.165) is 25.7 Å². The maximum absolute atomic E-state index is 14.2. The number of nitrogens with one attached hydrogen (secondary N) is 2. The molecule has 2 N–H and O–H groups in total. The van der Waals surface area contributed by atoms with Crippen LogP contribution in [0.3, 0.4) is 0 Å². The molecule has 0 saturated heterocycles. The van der Waals surface area contributed by atoms with Gasteiger partial charge in [-0.05, 0) is 70.6 Å². The van der Waals surface area contributed by atoms with Crippen molar-refractivity contribution in [2.75, 3.05) is 26.0 Å². The first-order valence-electron chi connectivity index (χ1n) is 9.67. The lowest BCUT2D eigenvalue weighted by molar-refractivity contribution is 0.0823. The van der Waals surface area contributed by atoms with E-state index in [1.807, 2.05) is 0 Å². The molecular weight excluding hydrogens is 381 g/mol. The smallest absolute Gasteiger partial charge is 0.256 e. The first kappa shape index (κ1) is 22.6. The fourth-order valence-corrected chi connectivity index (χ4v) is 4.21. The molecule has 1 saturated carbocycles. The first-order chi connectivity index (χ1) is 12.9. The number of anilines is 1. The molecular formula is C20H32FN3O3S. The zero-order valence-corrected chi connectivity index (χ0v) is 18.2. The Bertz CT molecular complexity index is 795. The molecule has 0 heterocycles. The van der Waals surface area contributed by atoms with Crippen LogP contribution in [0.1, 0.15) is 56.8 Å². The third-order valence-corrected chi connectivity index (χ3v) is 7.43. The van der Waals surface area contributed by atoms with Crippen LogP contribution in [-0.4, -0.2) is 50.7 Å². The van der Waals surface area contributed by atoms with Gasteiger partial charge in [0.15, 0.2) is 0 Å². The summed E-state index contributed by atoms with van der Waals surface area (Å²) in [4.78, 5) is 13.2. The van der Waals surface area contributed by atoms with Crippen LogP contribution in [0.25, 0.3) is 0 Å². The van der Waals surface area contributed by atoms with Crippen molar-refractivity contribution in [1.82, 2.24) is 9.62 Å². The summed E-state index contributed by atoms with van der Waals surface area (Å²) in [5.74, 6) is -0.495. The van der Waals surface area contributed by atoms with Gasteiger partial charge in [0.05, 0.1) is 10.3 Å². The minimum Gasteiger partial charge on any atom is -0.385 e. The van der Waals surface area contributed by atoms with Crippen LogP contribution in [0.2, 0.25) is 0 Å². The van der Waals surface area contributed by atoms with Gasteiger partial charge in [0.2, 0.25) is 10.0 Å². The molecule has 1 aromatic carbocycles. The molecule has 28 heavy (non-hydrogen) atoms. The number of hydrogen-bond acceptors (Lipinski definition) is 4. The van der Waals surface area contributed by atoms with Gasteiger partial charge in [0.25, 0.3) is 5.91 Å². The van der Waals surface area contributed by atoms with E-state index in [9.17, 15) is 17.6 Å². The summed E-state index contributed by atoms with van der Waals surface area (Å²) < 4.78 is 40.8. The third-order valence-electron chi connectivity index (χ3n) is 5.18. The van der Waals surface area contributed by atoms with Gasteiger partial charge in [-0.15, -0.1) is 0 Å². The van der Waals surface area contributed by atoms with Crippen molar-refractivity contribution in [1.29, 1.82) is 0 Å². The summed E-state index contributed by atoms with van der Waals surface area (Å²) >= 11 is 0. The normalized spacial score (nSPS) is 20.6. The van der Waals surface area contributed by atoms with E-state index < -0.39 is 20.6 Å². The molecule has 0 radical (unpaired) electrons. The van der Waals surface area contributed by atoms with Gasteiger partial charge in [-0.3, -0.25) is 4.79 Å². The van der Waals surface area contributed by atoms with E-state index in [0.29, 0.717) is 18.2 Å². The van der Waals surface area contributed by atoms with E-state index in [1.165, 1.54) is 17.0 Å². The van der Waals surface area contributed by atoms with E-state index in [-0.39, 0.29) is 17.5 Å². The van der Waals surface area contributed by atoms with Crippen molar-refractivity contribution >= 4 is 21.6 Å². The molecule has 1 aliphatic carbocycles. The predicted octanol–water partition coefficient (Wildman–Crippen LogP) is 3.22. The Hall–Kier alpha value is -1.67. The summed E-state index contributed by atoms with van der Waals surface area (Å²) in [5, 5.41) is 3.23. The van der Waals surface area contributed by atoms with Crippen molar-refractivity contribution < 1.29 is 17.6 Å². The molecule has 0 aliphatic heterocycles. The molecule has 1 aliphatic rings. The summed E-state index contributed by atoms with van der Waals surface area (Å²) in [6.07, 6.45) is 3.41. The number of amides is 1. The number of benzene rings is 1. The summed E-state index contributed by atoms with van der Waals surface area (Å²) in [6, 6.07) is 4.54. The van der Waals surface area contributed by atoms with Crippen molar-refractivity contribution in [3.8, 4) is 0 Å². The lowest BCUT2D eigenvalue weighted by Crippen LogP contribution is -2.46. The summed E-state index contributed by atoms with van der Waals surface area (Å²) in [7, 11) is -0.152. The molecule has 0 aromatic heterocycles. The standard InChI is InChI=1S/C20H32FN3O3S/c1-20(2,3)28(26,27)23-15-8-6-14(7-9-15)13-22-16-10-11-17(18(21)12-16)19(25)24(4)5/h10-12,14-15,22-23H,6-9,13H2,1-5H3/t14-,15-. The van der Waals surface area contributed by atoms with Crippen molar-refractivity contribution in [3.05, 3.63) is 29.6 Å². The highest BCUT2D eigenvalue weighted by Gasteiger charge is 2.32. The molecule has 6 nitrogen and oxygen atoms in total. The van der Waals surface area contributed by atoms with E-state index >= 15 is 0 Å². The molecule has 2 rings (SSSR count). The second-order valence-electron chi connectivity index (χ2n) is 8.73. The monoisotopic (exact) mass is 413 g/mol. The number of nitrogens with zero attached hydrogens (tertiary/aromatic N) is 1. The molecule has 158 valence electrons. The van der Waals surface area contributed by atoms with E-state index in [2.05, 4.69) is 10.0 Å². The minimum atomic E-state index is -3.33. The zero-order valence-electron chi connectivity index (χ0n) is 17.4. The van der Waals surface area contributed by atoms with Gasteiger partial charge in [-0.2, -0.15) is 0 Å². The average Bonchev–Trinajstić information content (AvgIpc) is 2.59. The maximum Gasteiger partial charge on any atom is 0.256 e. The highest BCUT2D eigenvalue weighted by Crippen LogP contribution is 2.27. The largest absolute Gasteiger partial charge is 0.385 e. The van der Waals surface area contributed by atoms with Gasteiger partial charge in [-0.25, -0.2) is 17.5 Å². The Morgan fingerprint density at radius 3 is 2.29 bits per heavy atom. The Balaban J connectivity index is 1.84. The summed E-state index contributed by atoms with van der Waals surface area (Å²) in [6.45, 7) is 5.78. The van der Waals surface area contributed by atoms with Crippen LogP contribution in [0, 0.1) is 11.7 Å². The molecule has 0 spiro atoms. The molecule has 0 atom stereocenters. The molecule has 1 fully saturated rings. The third kappa shape index (κ3) is 5.67. The Morgan fingerprint density at radius 2 is 1.79 bits per heavy atom. The molecule has 1 aromatic rings. The van der Waals surface area contributed by atoms with E-state index in [1.54, 1.807) is 40.9 Å². The maximum atomic E-state index is 14.2. The van der Waals surface area contributed by atoms with Gasteiger partial charge >= 0.3 is 0 Å². The van der Waals surface area contributed by atoms with Gasteiger partial charge in [0, 0.05) is 32.4 Å². The number of rotatable bonds is 6. The summed E-state index contributed by atoms with van der Waals surface area (Å²) in [5.41, 5.74) is 0.700. The van der Waals surface area contributed by atoms with Crippen molar-refractivity contribution in [3.63, 3.8) is 0 Å². The van der Waals surface area contributed by atoms with Crippen LogP contribution in [0.5, 0.6) is 0 Å². The average molecular weight is 414 g/mol. The van der Waals surface area contributed by atoms with Crippen LogP contribution in [0.4, 0.5) is 10.1 Å². The molecule has 0 unspecified atom stereocenters. The second kappa shape index (κ2) is 8.78. The number of hydrogen-bond donors (Lipinski definition) is 2. The van der Waals surface area contributed by atoms with Crippen LogP contribution < -0.4 is 10.0 Å². The number of halogens is 1. The highest BCUT2D eigenvalue weighted by atomic mass is 32.2. The Morgan fingerprint density at radius 1 is 1.18 bits per heavy atom. The highest BCUT2D eigenvalue weighted by molar-refractivity contribution is 7.90. The van der Waals surface area contributed by atoms with Crippen molar-refractivity contribution in [2.24, 2.45) is 5.92 Å².